The molecule has 0 aliphatic rings. The molecule has 0 heterocycles. The molecule has 0 aromatic rings. The third-order valence-corrected chi connectivity index (χ3v) is 3.94. The van der Waals surface area contributed by atoms with Gasteiger partial charge >= 0.3 is 10.4 Å². The summed E-state index contributed by atoms with van der Waals surface area (Å²) in [5, 5.41) is 2.72. The maximum Gasteiger partial charge on any atom is 0.397 e. The first-order chi connectivity index (χ1) is 10.4. The van der Waals surface area contributed by atoms with Crippen LogP contribution >= 0.6 is 0 Å². The summed E-state index contributed by atoms with van der Waals surface area (Å²) in [6, 6.07) is -0.380. The van der Waals surface area contributed by atoms with Crippen LogP contribution in [-0.4, -0.2) is 31.5 Å². The molecule has 0 bridgehead atoms. The highest BCUT2D eigenvalue weighted by Gasteiger charge is 2.15. The lowest BCUT2D eigenvalue weighted by molar-refractivity contribution is -0.121. The zero-order valence-corrected chi connectivity index (χ0v) is 14.7. The molecule has 0 saturated heterocycles. The van der Waals surface area contributed by atoms with Crippen LogP contribution in [0.1, 0.15) is 78.1 Å². The molecule has 2 N–H and O–H groups in total. The Hall–Kier alpha value is -0.660. The molecule has 0 radical (unpaired) electrons. The molecule has 0 aliphatic heterocycles. The van der Waals surface area contributed by atoms with Crippen molar-refractivity contribution in [2.24, 2.45) is 0 Å². The molecule has 0 unspecified atom stereocenters. The van der Waals surface area contributed by atoms with Crippen LogP contribution in [0, 0.1) is 0 Å². The highest BCUT2D eigenvalue weighted by atomic mass is 32.3. The van der Waals surface area contributed by atoms with Crippen molar-refractivity contribution in [2.75, 3.05) is 6.61 Å². The van der Waals surface area contributed by atoms with Crippen LogP contribution < -0.4 is 5.32 Å². The molecule has 1 amide bonds. The second kappa shape index (κ2) is 12.8. The maximum atomic E-state index is 11.4. The third-order valence-electron chi connectivity index (χ3n) is 3.51. The molecule has 0 aromatic carbocycles. The zero-order chi connectivity index (χ0) is 16.8. The first kappa shape index (κ1) is 21.3. The molecule has 6 nitrogen and oxygen atoms in total. The van der Waals surface area contributed by atoms with Gasteiger partial charge in [0.15, 0.2) is 0 Å². The number of rotatable bonds is 14. The monoisotopic (exact) mass is 337 g/mol. The number of hydrogen-bond acceptors (Lipinski definition) is 4. The van der Waals surface area contributed by atoms with E-state index in [-0.39, 0.29) is 18.6 Å². The van der Waals surface area contributed by atoms with Gasteiger partial charge in [0.05, 0.1) is 12.6 Å². The van der Waals surface area contributed by atoms with Crippen LogP contribution in [0.5, 0.6) is 0 Å². The fourth-order valence-electron chi connectivity index (χ4n) is 2.22. The van der Waals surface area contributed by atoms with Crippen LogP contribution in [-0.2, 0) is 19.4 Å². The Morgan fingerprint density at radius 2 is 1.59 bits per heavy atom. The quantitative estimate of drug-likeness (QED) is 0.375. The molecule has 22 heavy (non-hydrogen) atoms. The number of unbranched alkanes of at least 4 members (excludes halogenated alkanes) is 7. The van der Waals surface area contributed by atoms with Crippen molar-refractivity contribution in [3.05, 3.63) is 0 Å². The molecular formula is C15H31NO5S. The number of carbonyl (C=O) groups excluding carboxylic acids is 1. The van der Waals surface area contributed by atoms with Gasteiger partial charge in [-0.3, -0.25) is 9.35 Å². The molecule has 7 heteroatoms. The Morgan fingerprint density at radius 1 is 1.05 bits per heavy atom. The standard InChI is InChI=1S/C15H31NO5S/c1-3-5-6-7-8-9-10-11-12-14(16-15(17)4-2)13-21-22(18,19)20/h14H,3-13H2,1-2H3,(H,16,17)(H,18,19,20)/t14-/m0/s1. The largest absolute Gasteiger partial charge is 0.397 e. The van der Waals surface area contributed by atoms with Crippen molar-refractivity contribution >= 4 is 16.3 Å². The maximum absolute atomic E-state index is 11.4. The fraction of sp³-hybridized carbons (Fsp3) is 0.933. The molecule has 132 valence electrons. The van der Waals surface area contributed by atoms with Crippen molar-refractivity contribution in [2.45, 2.75) is 84.1 Å². The fourth-order valence-corrected chi connectivity index (χ4v) is 2.56. The van der Waals surface area contributed by atoms with E-state index in [1.807, 2.05) is 0 Å². The molecule has 0 saturated carbocycles. The molecular weight excluding hydrogens is 306 g/mol. The van der Waals surface area contributed by atoms with Gasteiger partial charge in [0.2, 0.25) is 5.91 Å². The lowest BCUT2D eigenvalue weighted by atomic mass is 10.0. The van der Waals surface area contributed by atoms with E-state index < -0.39 is 10.4 Å². The predicted octanol–water partition coefficient (Wildman–Crippen LogP) is 3.23. The average Bonchev–Trinajstić information content (AvgIpc) is 2.46. The molecule has 0 aliphatic carbocycles. The highest BCUT2D eigenvalue weighted by molar-refractivity contribution is 7.80. The number of amides is 1. The minimum Gasteiger partial charge on any atom is -0.351 e. The van der Waals surface area contributed by atoms with Gasteiger partial charge in [0.25, 0.3) is 0 Å². The average molecular weight is 337 g/mol. The van der Waals surface area contributed by atoms with E-state index in [0.29, 0.717) is 12.8 Å². The lowest BCUT2D eigenvalue weighted by Gasteiger charge is -2.17. The second-order valence-electron chi connectivity index (χ2n) is 5.59. The summed E-state index contributed by atoms with van der Waals surface area (Å²) in [6.07, 6.45) is 10.4. The number of nitrogens with one attached hydrogen (secondary N) is 1. The van der Waals surface area contributed by atoms with Crippen LogP contribution in [0.2, 0.25) is 0 Å². The van der Waals surface area contributed by atoms with Gasteiger partial charge in [-0.2, -0.15) is 8.42 Å². The van der Waals surface area contributed by atoms with Crippen LogP contribution in [0.3, 0.4) is 0 Å². The van der Waals surface area contributed by atoms with Gasteiger partial charge in [0, 0.05) is 6.42 Å². The number of carbonyl (C=O) groups is 1. The third kappa shape index (κ3) is 14.3. The Morgan fingerprint density at radius 3 is 2.09 bits per heavy atom. The van der Waals surface area contributed by atoms with Crippen molar-refractivity contribution in [1.82, 2.24) is 5.32 Å². The van der Waals surface area contributed by atoms with Gasteiger partial charge < -0.3 is 5.32 Å². The minimum atomic E-state index is -4.46. The van der Waals surface area contributed by atoms with E-state index in [9.17, 15) is 13.2 Å². The molecule has 0 spiro atoms. The Balaban J connectivity index is 3.90. The van der Waals surface area contributed by atoms with Crippen LogP contribution in [0.15, 0.2) is 0 Å². The summed E-state index contributed by atoms with van der Waals surface area (Å²) in [5.74, 6) is -0.150. The molecule has 0 rings (SSSR count). The van der Waals surface area contributed by atoms with E-state index in [1.54, 1.807) is 6.92 Å². The van der Waals surface area contributed by atoms with E-state index in [4.69, 9.17) is 4.55 Å². The Kier molecular flexibility index (Phi) is 12.5. The van der Waals surface area contributed by atoms with Crippen molar-refractivity contribution < 1.29 is 21.9 Å². The lowest BCUT2D eigenvalue weighted by Crippen LogP contribution is -2.38. The summed E-state index contributed by atoms with van der Waals surface area (Å²) in [7, 11) is -4.46. The Bertz CT molecular complexity index is 383. The normalized spacial score (nSPS) is 13.0. The smallest absolute Gasteiger partial charge is 0.351 e. The van der Waals surface area contributed by atoms with Gasteiger partial charge in [-0.25, -0.2) is 4.18 Å². The minimum absolute atomic E-state index is 0.150. The summed E-state index contributed by atoms with van der Waals surface area (Å²) in [6.45, 7) is 3.70. The van der Waals surface area contributed by atoms with Crippen LogP contribution in [0.25, 0.3) is 0 Å². The van der Waals surface area contributed by atoms with Gasteiger partial charge in [-0.1, -0.05) is 65.2 Å². The van der Waals surface area contributed by atoms with E-state index in [1.165, 1.54) is 32.1 Å². The topological polar surface area (TPSA) is 92.7 Å². The summed E-state index contributed by atoms with van der Waals surface area (Å²) < 4.78 is 34.2. The first-order valence-electron chi connectivity index (χ1n) is 8.30. The Labute approximate surface area is 135 Å². The summed E-state index contributed by atoms with van der Waals surface area (Å²) in [5.41, 5.74) is 0. The SMILES string of the molecule is CCCCCCCCCC[C@@H](COS(=O)(=O)O)NC(=O)CC. The molecule has 1 atom stereocenters. The molecule has 0 fully saturated rings. The predicted molar refractivity (Wildman–Crippen MR) is 86.9 cm³/mol. The summed E-state index contributed by atoms with van der Waals surface area (Å²) in [4.78, 5) is 11.4. The van der Waals surface area contributed by atoms with E-state index in [0.717, 1.165) is 19.3 Å². The van der Waals surface area contributed by atoms with Crippen molar-refractivity contribution in [3.63, 3.8) is 0 Å². The van der Waals surface area contributed by atoms with Gasteiger partial charge in [-0.05, 0) is 6.42 Å². The van der Waals surface area contributed by atoms with Crippen LogP contribution in [0.4, 0.5) is 0 Å². The first-order valence-corrected chi connectivity index (χ1v) is 9.66. The van der Waals surface area contributed by atoms with E-state index in [2.05, 4.69) is 16.4 Å². The van der Waals surface area contributed by atoms with Crippen molar-refractivity contribution in [1.29, 1.82) is 0 Å². The molecule has 0 aromatic heterocycles. The zero-order valence-electron chi connectivity index (χ0n) is 13.8. The summed E-state index contributed by atoms with van der Waals surface area (Å²) >= 11 is 0. The van der Waals surface area contributed by atoms with Gasteiger partial charge in [-0.15, -0.1) is 0 Å². The van der Waals surface area contributed by atoms with Gasteiger partial charge in [0.1, 0.15) is 0 Å². The highest BCUT2D eigenvalue weighted by Crippen LogP contribution is 2.11. The van der Waals surface area contributed by atoms with Crippen molar-refractivity contribution in [3.8, 4) is 0 Å². The van der Waals surface area contributed by atoms with E-state index >= 15 is 0 Å². The number of hydrogen-bond donors (Lipinski definition) is 2. The second-order valence-corrected chi connectivity index (χ2v) is 6.68.